The number of benzene rings is 1. The van der Waals surface area contributed by atoms with Gasteiger partial charge in [-0.1, -0.05) is 24.3 Å². The van der Waals surface area contributed by atoms with Crippen molar-refractivity contribution in [3.8, 4) is 0 Å². The van der Waals surface area contributed by atoms with Crippen LogP contribution in [0.15, 0.2) is 42.6 Å². The first-order valence-electron chi connectivity index (χ1n) is 12.0. The third kappa shape index (κ3) is 2.53. The maximum atomic E-state index is 4.85. The summed E-state index contributed by atoms with van der Waals surface area (Å²) in [7, 11) is 0. The Balaban J connectivity index is 1.33. The first-order valence-corrected chi connectivity index (χ1v) is 12.0. The first-order chi connectivity index (χ1) is 15.2. The van der Waals surface area contributed by atoms with Crippen LogP contribution in [0.2, 0.25) is 0 Å². The van der Waals surface area contributed by atoms with Gasteiger partial charge in [0.2, 0.25) is 0 Å². The summed E-state index contributed by atoms with van der Waals surface area (Å²) in [5.41, 5.74) is 5.92. The van der Waals surface area contributed by atoms with E-state index in [1.165, 1.54) is 53.4 Å². The zero-order valence-electron chi connectivity index (χ0n) is 18.2. The van der Waals surface area contributed by atoms with Crippen molar-refractivity contribution < 1.29 is 0 Å². The number of pyridine rings is 1. The highest BCUT2D eigenvalue weighted by atomic mass is 15.3. The molecular weight excluding hydrogens is 382 g/mol. The predicted molar refractivity (Wildman–Crippen MR) is 124 cm³/mol. The van der Waals surface area contributed by atoms with Crippen molar-refractivity contribution in [2.24, 2.45) is 5.92 Å². The van der Waals surface area contributed by atoms with E-state index >= 15 is 0 Å². The number of fused-ring (bicyclic) bond motifs is 4. The second-order valence-electron chi connectivity index (χ2n) is 10.3. The van der Waals surface area contributed by atoms with E-state index in [9.17, 15) is 0 Å². The molecule has 2 aliphatic heterocycles. The van der Waals surface area contributed by atoms with Crippen LogP contribution >= 0.6 is 0 Å². The van der Waals surface area contributed by atoms with Crippen molar-refractivity contribution in [2.75, 3.05) is 18.4 Å². The minimum atomic E-state index is 0.265. The van der Waals surface area contributed by atoms with Crippen molar-refractivity contribution in [1.29, 1.82) is 0 Å². The molecule has 5 nitrogen and oxygen atoms in total. The highest BCUT2D eigenvalue weighted by Crippen LogP contribution is 2.61. The van der Waals surface area contributed by atoms with Crippen molar-refractivity contribution in [3.63, 3.8) is 0 Å². The lowest BCUT2D eigenvalue weighted by molar-refractivity contribution is -0.153. The SMILES string of the molecule is C[C@@H]1Cc2c([nH]c3ccccc23)[C@@H](c2ccc(NC3CNC3)nc2)N1C12CCC1CC2. The van der Waals surface area contributed by atoms with Crippen LogP contribution in [0, 0.1) is 5.92 Å². The fraction of sp³-hybridized carbons (Fsp3) is 0.500. The molecule has 160 valence electrons. The third-order valence-electron chi connectivity index (χ3n) is 8.73. The Bertz CT molecular complexity index is 1120. The molecule has 0 unspecified atom stereocenters. The quantitative estimate of drug-likeness (QED) is 0.599. The summed E-state index contributed by atoms with van der Waals surface area (Å²) in [5.74, 6) is 1.88. The average Bonchev–Trinajstić information content (AvgIpc) is 3.11. The lowest BCUT2D eigenvalue weighted by Gasteiger charge is -2.67. The van der Waals surface area contributed by atoms with Crippen molar-refractivity contribution >= 4 is 16.7 Å². The summed E-state index contributed by atoms with van der Waals surface area (Å²) < 4.78 is 0. The molecule has 2 atom stereocenters. The second-order valence-corrected chi connectivity index (χ2v) is 10.3. The van der Waals surface area contributed by atoms with Gasteiger partial charge in [-0.05, 0) is 68.2 Å². The third-order valence-corrected chi connectivity index (χ3v) is 8.73. The molecule has 2 aliphatic carbocycles. The highest BCUT2D eigenvalue weighted by Gasteiger charge is 2.60. The van der Waals surface area contributed by atoms with Gasteiger partial charge in [-0.25, -0.2) is 4.98 Å². The Morgan fingerprint density at radius 1 is 1.10 bits per heavy atom. The van der Waals surface area contributed by atoms with E-state index in [2.05, 4.69) is 70.0 Å². The van der Waals surface area contributed by atoms with Gasteiger partial charge in [-0.15, -0.1) is 0 Å². The van der Waals surface area contributed by atoms with Gasteiger partial charge in [0, 0.05) is 47.5 Å². The highest BCUT2D eigenvalue weighted by molar-refractivity contribution is 5.85. The molecule has 2 aromatic heterocycles. The second kappa shape index (κ2) is 6.57. The molecule has 5 heteroatoms. The number of hydrogen-bond donors (Lipinski definition) is 3. The normalized spacial score (nSPS) is 32.5. The number of anilines is 1. The number of nitrogens with one attached hydrogen (secondary N) is 3. The zero-order chi connectivity index (χ0) is 20.6. The lowest BCUT2D eigenvalue weighted by Crippen LogP contribution is -2.69. The summed E-state index contributed by atoms with van der Waals surface area (Å²) >= 11 is 0. The number of hydrogen-bond acceptors (Lipinski definition) is 4. The molecule has 0 spiro atoms. The molecule has 0 bridgehead atoms. The smallest absolute Gasteiger partial charge is 0.126 e. The van der Waals surface area contributed by atoms with Gasteiger partial charge in [0.1, 0.15) is 5.82 Å². The number of H-pyrrole nitrogens is 1. The Labute approximate surface area is 183 Å². The van der Waals surface area contributed by atoms with Crippen LogP contribution in [0.5, 0.6) is 0 Å². The summed E-state index contributed by atoms with van der Waals surface area (Å²) in [4.78, 5) is 11.6. The molecule has 4 heterocycles. The van der Waals surface area contributed by atoms with E-state index in [-0.39, 0.29) is 6.04 Å². The Kier molecular flexibility index (Phi) is 3.86. The topological polar surface area (TPSA) is 56.0 Å². The Morgan fingerprint density at radius 3 is 2.58 bits per heavy atom. The van der Waals surface area contributed by atoms with Crippen LogP contribution in [-0.2, 0) is 6.42 Å². The van der Waals surface area contributed by atoms with Crippen LogP contribution < -0.4 is 10.6 Å². The summed E-state index contributed by atoms with van der Waals surface area (Å²) in [6.07, 6.45) is 8.79. The number of rotatable bonds is 4. The van der Waals surface area contributed by atoms with Gasteiger partial charge in [-0.2, -0.15) is 0 Å². The Hall–Kier alpha value is -2.37. The molecular formula is C26H31N5. The molecule has 7 rings (SSSR count). The zero-order valence-corrected chi connectivity index (χ0v) is 18.2. The van der Waals surface area contributed by atoms with Gasteiger partial charge in [0.15, 0.2) is 0 Å². The van der Waals surface area contributed by atoms with E-state index in [1.54, 1.807) is 0 Å². The lowest BCUT2D eigenvalue weighted by atomic mass is 9.51. The molecule has 31 heavy (non-hydrogen) atoms. The maximum Gasteiger partial charge on any atom is 0.126 e. The minimum Gasteiger partial charge on any atom is -0.365 e. The minimum absolute atomic E-state index is 0.265. The van der Waals surface area contributed by atoms with Gasteiger partial charge in [0.05, 0.1) is 12.1 Å². The summed E-state index contributed by atoms with van der Waals surface area (Å²) in [6.45, 7) is 4.51. The van der Waals surface area contributed by atoms with Crippen LogP contribution in [0.1, 0.15) is 55.5 Å². The van der Waals surface area contributed by atoms with Gasteiger partial charge >= 0.3 is 0 Å². The molecule has 1 saturated heterocycles. The molecule has 3 N–H and O–H groups in total. The van der Waals surface area contributed by atoms with E-state index < -0.39 is 0 Å². The Morgan fingerprint density at radius 2 is 1.94 bits per heavy atom. The molecule has 3 aromatic rings. The predicted octanol–water partition coefficient (Wildman–Crippen LogP) is 4.23. The van der Waals surface area contributed by atoms with Gasteiger partial charge in [-0.3, -0.25) is 4.90 Å². The number of para-hydroxylation sites is 1. The fourth-order valence-corrected chi connectivity index (χ4v) is 6.84. The summed E-state index contributed by atoms with van der Waals surface area (Å²) in [5, 5.41) is 8.26. The molecule has 3 fully saturated rings. The number of aromatic amines is 1. The monoisotopic (exact) mass is 413 g/mol. The molecule has 0 amide bonds. The van der Waals surface area contributed by atoms with Gasteiger partial charge < -0.3 is 15.6 Å². The standard InChI is InChI=1S/C26H31N5/c1-16-12-21-20-4-2-3-5-22(20)30-24(21)25(31(16)26-10-8-18(26)9-11-26)17-6-7-23(28-13-17)29-19-14-27-15-19/h2-7,13,16,18-19,25,27,30H,8-12,14-15H2,1H3,(H,28,29)/t16-,18?,25-,26?/m1/s1. The van der Waals surface area contributed by atoms with Crippen LogP contribution in [0.4, 0.5) is 5.82 Å². The molecule has 1 aromatic carbocycles. The van der Waals surface area contributed by atoms with E-state index in [1.807, 2.05) is 0 Å². The van der Waals surface area contributed by atoms with Crippen LogP contribution in [0.25, 0.3) is 10.9 Å². The van der Waals surface area contributed by atoms with Crippen molar-refractivity contribution in [3.05, 3.63) is 59.4 Å². The van der Waals surface area contributed by atoms with E-state index in [0.717, 1.165) is 31.2 Å². The van der Waals surface area contributed by atoms with E-state index in [0.29, 0.717) is 17.6 Å². The largest absolute Gasteiger partial charge is 0.365 e. The molecule has 4 aliphatic rings. The fourth-order valence-electron chi connectivity index (χ4n) is 6.84. The van der Waals surface area contributed by atoms with E-state index in [4.69, 9.17) is 4.98 Å². The molecule has 0 radical (unpaired) electrons. The maximum absolute atomic E-state index is 4.85. The molecule has 2 saturated carbocycles. The van der Waals surface area contributed by atoms with Gasteiger partial charge in [0.25, 0.3) is 0 Å². The van der Waals surface area contributed by atoms with Crippen LogP contribution in [0.3, 0.4) is 0 Å². The summed E-state index contributed by atoms with van der Waals surface area (Å²) in [6, 6.07) is 14.6. The number of aromatic nitrogens is 2. The average molecular weight is 414 g/mol. The first kappa shape index (κ1) is 18.2. The number of nitrogens with zero attached hydrogens (tertiary/aromatic N) is 2. The van der Waals surface area contributed by atoms with Crippen molar-refractivity contribution in [2.45, 2.75) is 62.7 Å². The van der Waals surface area contributed by atoms with Crippen LogP contribution in [-0.4, -0.2) is 45.6 Å². The van der Waals surface area contributed by atoms with Crippen molar-refractivity contribution in [1.82, 2.24) is 20.2 Å².